The summed E-state index contributed by atoms with van der Waals surface area (Å²) in [5, 5.41) is 10.1. The highest BCUT2D eigenvalue weighted by atomic mass is 35.5. The van der Waals surface area contributed by atoms with Crippen LogP contribution in [0.3, 0.4) is 0 Å². The number of carbonyl (C=O) groups is 2. The summed E-state index contributed by atoms with van der Waals surface area (Å²) in [6.07, 6.45) is 3.59. The Morgan fingerprint density at radius 3 is 2.32 bits per heavy atom. The van der Waals surface area contributed by atoms with Gasteiger partial charge in [-0.3, -0.25) is 4.79 Å². The van der Waals surface area contributed by atoms with Crippen molar-refractivity contribution in [2.45, 2.75) is 6.54 Å². The lowest BCUT2D eigenvalue weighted by Crippen LogP contribution is -2.25. The van der Waals surface area contributed by atoms with Gasteiger partial charge in [-0.15, -0.1) is 0 Å². The molecule has 3 aromatic carbocycles. The number of aromatic carboxylic acids is 1. The van der Waals surface area contributed by atoms with Gasteiger partial charge in [-0.1, -0.05) is 71.7 Å². The molecule has 0 radical (unpaired) electrons. The maximum atomic E-state index is 13.3. The fourth-order valence-electron chi connectivity index (χ4n) is 3.38. The summed E-state index contributed by atoms with van der Waals surface area (Å²) in [5.41, 5.74) is 3.91. The average molecular weight is 450 g/mol. The van der Waals surface area contributed by atoms with Crippen molar-refractivity contribution in [3.05, 3.63) is 117 Å². The van der Waals surface area contributed by atoms with Crippen LogP contribution in [0.25, 0.3) is 11.8 Å². The van der Waals surface area contributed by atoms with Crippen molar-refractivity contribution in [1.82, 2.24) is 4.90 Å². The minimum absolute atomic E-state index is 0.160. The second-order valence-corrected chi connectivity index (χ2v) is 7.90. The molecule has 0 bridgehead atoms. The van der Waals surface area contributed by atoms with E-state index < -0.39 is 5.97 Å². The van der Waals surface area contributed by atoms with Gasteiger partial charge in [-0.25, -0.2) is 4.79 Å². The van der Waals surface area contributed by atoms with E-state index in [1.165, 1.54) is 12.1 Å². The minimum Gasteiger partial charge on any atom is -0.478 e. The molecule has 0 aliphatic carbocycles. The lowest BCUT2D eigenvalue weighted by atomic mass is 10.1. The number of amides is 1. The Morgan fingerprint density at radius 1 is 0.968 bits per heavy atom. The third-order valence-corrected chi connectivity index (χ3v) is 5.52. The van der Waals surface area contributed by atoms with Crippen molar-refractivity contribution >= 4 is 46.9 Å². The zero-order valence-electron chi connectivity index (χ0n) is 16.3. The van der Waals surface area contributed by atoms with E-state index in [2.05, 4.69) is 0 Å². The number of nitrogens with zero attached hydrogens (tertiary/aromatic N) is 1. The van der Waals surface area contributed by atoms with E-state index in [0.717, 1.165) is 16.8 Å². The van der Waals surface area contributed by atoms with Crippen LogP contribution in [0.15, 0.2) is 84.4 Å². The third kappa shape index (κ3) is 4.55. The highest BCUT2D eigenvalue weighted by Crippen LogP contribution is 2.33. The van der Waals surface area contributed by atoms with Crippen molar-refractivity contribution in [2.24, 2.45) is 0 Å². The van der Waals surface area contributed by atoms with Gasteiger partial charge in [-0.05, 0) is 53.1 Å². The van der Waals surface area contributed by atoms with Crippen LogP contribution < -0.4 is 0 Å². The fourth-order valence-corrected chi connectivity index (χ4v) is 3.85. The molecule has 0 atom stereocenters. The maximum absolute atomic E-state index is 13.3. The van der Waals surface area contributed by atoms with Crippen LogP contribution in [0, 0.1) is 0 Å². The molecule has 154 valence electrons. The number of hydrogen-bond donors (Lipinski definition) is 1. The maximum Gasteiger partial charge on any atom is 0.335 e. The van der Waals surface area contributed by atoms with Gasteiger partial charge < -0.3 is 10.0 Å². The van der Waals surface area contributed by atoms with Crippen LogP contribution in [-0.4, -0.2) is 21.9 Å². The molecule has 0 unspecified atom stereocenters. The number of halogens is 2. The lowest BCUT2D eigenvalue weighted by Gasteiger charge is -2.21. The summed E-state index contributed by atoms with van der Waals surface area (Å²) < 4.78 is 0. The molecule has 4 nitrogen and oxygen atoms in total. The summed E-state index contributed by atoms with van der Waals surface area (Å²) in [7, 11) is 0. The molecular formula is C25H17Cl2NO3. The largest absolute Gasteiger partial charge is 0.478 e. The number of carbonyl (C=O) groups excluding carboxylic acids is 1. The Hall–Kier alpha value is -3.34. The van der Waals surface area contributed by atoms with E-state index in [4.69, 9.17) is 28.3 Å². The molecule has 4 rings (SSSR count). The number of rotatable bonds is 5. The van der Waals surface area contributed by atoms with Crippen LogP contribution in [0.2, 0.25) is 10.0 Å². The minimum atomic E-state index is -0.987. The molecule has 6 heteroatoms. The van der Waals surface area contributed by atoms with E-state index in [1.54, 1.807) is 41.3 Å². The van der Waals surface area contributed by atoms with Gasteiger partial charge in [0.05, 0.1) is 17.8 Å². The predicted octanol–water partition coefficient (Wildman–Crippen LogP) is 6.16. The first-order chi connectivity index (χ1) is 14.9. The number of benzene rings is 3. The summed E-state index contributed by atoms with van der Waals surface area (Å²) in [6.45, 7) is 0.311. The van der Waals surface area contributed by atoms with E-state index >= 15 is 0 Å². The highest BCUT2D eigenvalue weighted by molar-refractivity contribution is 6.35. The van der Waals surface area contributed by atoms with Crippen LogP contribution >= 0.6 is 23.2 Å². The first-order valence-corrected chi connectivity index (χ1v) is 10.3. The molecule has 1 aliphatic rings. The van der Waals surface area contributed by atoms with Gasteiger partial charge >= 0.3 is 5.97 Å². The van der Waals surface area contributed by atoms with Crippen molar-refractivity contribution < 1.29 is 14.7 Å². The van der Waals surface area contributed by atoms with E-state index in [0.29, 0.717) is 27.7 Å². The van der Waals surface area contributed by atoms with Crippen LogP contribution in [0.5, 0.6) is 0 Å². The molecule has 1 amide bonds. The number of carboxylic acids is 1. The van der Waals surface area contributed by atoms with Crippen molar-refractivity contribution in [3.63, 3.8) is 0 Å². The molecule has 1 N–H and O–H groups in total. The van der Waals surface area contributed by atoms with Gasteiger partial charge in [0.2, 0.25) is 0 Å². The summed E-state index contributed by atoms with van der Waals surface area (Å²) >= 11 is 12.3. The SMILES string of the molecule is O=C(O)c1ccc(CN2C(=O)/C(=C/c3ccc(Cl)cc3Cl)C=C2c2ccccc2)cc1. The van der Waals surface area contributed by atoms with Gasteiger partial charge in [0.25, 0.3) is 5.91 Å². The van der Waals surface area contributed by atoms with Gasteiger partial charge in [-0.2, -0.15) is 0 Å². The molecule has 0 saturated carbocycles. The van der Waals surface area contributed by atoms with E-state index in [1.807, 2.05) is 36.4 Å². The molecule has 0 saturated heterocycles. The lowest BCUT2D eigenvalue weighted by molar-refractivity contribution is -0.123. The second-order valence-electron chi connectivity index (χ2n) is 7.05. The van der Waals surface area contributed by atoms with Gasteiger partial charge in [0.1, 0.15) is 0 Å². The summed E-state index contributed by atoms with van der Waals surface area (Å²) in [4.78, 5) is 26.1. The molecule has 0 fully saturated rings. The molecule has 0 aromatic heterocycles. The summed E-state index contributed by atoms with van der Waals surface area (Å²) in [5.74, 6) is -1.15. The molecule has 1 heterocycles. The predicted molar refractivity (Wildman–Crippen MR) is 123 cm³/mol. The molecule has 0 spiro atoms. The van der Waals surface area contributed by atoms with Gasteiger partial charge in [0.15, 0.2) is 0 Å². The first-order valence-electron chi connectivity index (χ1n) is 9.50. The Labute approximate surface area is 189 Å². The number of carboxylic acid groups (broad SMARTS) is 1. The Morgan fingerprint density at radius 2 is 1.68 bits per heavy atom. The van der Waals surface area contributed by atoms with Crippen molar-refractivity contribution in [2.75, 3.05) is 0 Å². The van der Waals surface area contributed by atoms with Crippen LogP contribution in [0.4, 0.5) is 0 Å². The zero-order valence-corrected chi connectivity index (χ0v) is 17.8. The van der Waals surface area contributed by atoms with Crippen LogP contribution in [0.1, 0.15) is 27.0 Å². The first kappa shape index (κ1) is 20.9. The molecular weight excluding hydrogens is 433 g/mol. The summed E-state index contributed by atoms with van der Waals surface area (Å²) in [6, 6.07) is 21.3. The van der Waals surface area contributed by atoms with Gasteiger partial charge in [0, 0.05) is 15.6 Å². The average Bonchev–Trinajstić information content (AvgIpc) is 3.06. The zero-order chi connectivity index (χ0) is 22.0. The molecule has 3 aromatic rings. The highest BCUT2D eigenvalue weighted by Gasteiger charge is 2.29. The number of hydrogen-bond acceptors (Lipinski definition) is 2. The van der Waals surface area contributed by atoms with Crippen LogP contribution in [-0.2, 0) is 11.3 Å². The van der Waals surface area contributed by atoms with E-state index in [-0.39, 0.29) is 11.5 Å². The van der Waals surface area contributed by atoms with Crippen molar-refractivity contribution in [3.8, 4) is 0 Å². The second kappa shape index (κ2) is 8.80. The Kier molecular flexibility index (Phi) is 5.94. The Bertz CT molecular complexity index is 1220. The third-order valence-electron chi connectivity index (χ3n) is 4.96. The Balaban J connectivity index is 1.71. The monoisotopic (exact) mass is 449 g/mol. The molecule has 31 heavy (non-hydrogen) atoms. The smallest absolute Gasteiger partial charge is 0.335 e. The molecule has 1 aliphatic heterocycles. The fraction of sp³-hybridized carbons (Fsp3) is 0.0400. The van der Waals surface area contributed by atoms with Crippen molar-refractivity contribution in [1.29, 1.82) is 0 Å². The quantitative estimate of drug-likeness (QED) is 0.474. The van der Waals surface area contributed by atoms with E-state index in [9.17, 15) is 9.59 Å². The topological polar surface area (TPSA) is 57.6 Å². The normalized spacial score (nSPS) is 14.8. The standard InChI is InChI=1S/C25H17Cl2NO3/c26-21-11-10-19(22(27)14-21)12-20-13-23(17-4-2-1-3-5-17)28(24(20)29)15-16-6-8-18(9-7-16)25(30)31/h1-14H,15H2,(H,30,31)/b20-12+.